The van der Waals surface area contributed by atoms with Crippen LogP contribution >= 0.6 is 11.6 Å². The summed E-state index contributed by atoms with van der Waals surface area (Å²) in [5, 5.41) is 3.72. The van der Waals surface area contributed by atoms with Gasteiger partial charge in [0.15, 0.2) is 0 Å². The van der Waals surface area contributed by atoms with Crippen LogP contribution < -0.4 is 10.0 Å². The van der Waals surface area contributed by atoms with E-state index in [1.165, 1.54) is 4.31 Å². The molecule has 1 aliphatic rings. The van der Waals surface area contributed by atoms with E-state index in [1.807, 2.05) is 7.05 Å². The highest BCUT2D eigenvalue weighted by Gasteiger charge is 2.27. The van der Waals surface area contributed by atoms with Gasteiger partial charge in [-0.3, -0.25) is 4.72 Å². The lowest BCUT2D eigenvalue weighted by Gasteiger charge is -2.31. The maximum atomic E-state index is 12.3. The number of hydrogen-bond acceptors (Lipinski definition) is 3. The number of hydrogen-bond donors (Lipinski definition) is 2. The average molecular weight is 318 g/mol. The Morgan fingerprint density at radius 2 is 1.85 bits per heavy atom. The topological polar surface area (TPSA) is 61.4 Å². The molecule has 1 aromatic carbocycles. The standard InChI is InChI=1S/C13H20ClN3O2S/c1-15-10-11-6-8-17(9-7-11)20(18,19)16-13-4-2-12(14)3-5-13/h2-5,11,15-16H,6-10H2,1H3. The molecule has 2 N–H and O–H groups in total. The fourth-order valence-electron chi connectivity index (χ4n) is 2.37. The minimum absolute atomic E-state index is 0.534. The van der Waals surface area contributed by atoms with Crippen molar-refractivity contribution in [3.8, 4) is 0 Å². The fraction of sp³-hybridized carbons (Fsp3) is 0.538. The largest absolute Gasteiger partial charge is 0.319 e. The Kier molecular flexibility index (Phi) is 5.26. The Balaban J connectivity index is 1.96. The molecular weight excluding hydrogens is 298 g/mol. The summed E-state index contributed by atoms with van der Waals surface area (Å²) in [6, 6.07) is 6.65. The van der Waals surface area contributed by atoms with Crippen molar-refractivity contribution < 1.29 is 8.42 Å². The fourth-order valence-corrected chi connectivity index (χ4v) is 3.75. The second kappa shape index (κ2) is 6.76. The molecule has 1 aromatic rings. The zero-order valence-electron chi connectivity index (χ0n) is 11.5. The summed E-state index contributed by atoms with van der Waals surface area (Å²) in [7, 11) is -1.55. The lowest BCUT2D eigenvalue weighted by Crippen LogP contribution is -2.43. The summed E-state index contributed by atoms with van der Waals surface area (Å²) in [6.45, 7) is 2.07. The second-order valence-electron chi connectivity index (χ2n) is 5.01. The van der Waals surface area contributed by atoms with E-state index in [0.29, 0.717) is 29.7 Å². The molecule has 112 valence electrons. The molecule has 0 bridgehead atoms. The van der Waals surface area contributed by atoms with Crippen LogP contribution in [0.5, 0.6) is 0 Å². The Bertz CT molecular complexity index is 525. The van der Waals surface area contributed by atoms with Gasteiger partial charge in [0.2, 0.25) is 0 Å². The average Bonchev–Trinajstić information content (AvgIpc) is 2.42. The van der Waals surface area contributed by atoms with Gasteiger partial charge in [0.1, 0.15) is 0 Å². The minimum Gasteiger partial charge on any atom is -0.319 e. The normalized spacial score (nSPS) is 18.1. The van der Waals surface area contributed by atoms with Crippen LogP contribution in [-0.4, -0.2) is 39.4 Å². The molecule has 0 aromatic heterocycles. The van der Waals surface area contributed by atoms with Crippen LogP contribution in [0.4, 0.5) is 5.69 Å². The van der Waals surface area contributed by atoms with Gasteiger partial charge in [0, 0.05) is 23.8 Å². The highest BCUT2D eigenvalue weighted by molar-refractivity contribution is 7.90. The van der Waals surface area contributed by atoms with Crippen LogP contribution in [0.3, 0.4) is 0 Å². The van der Waals surface area contributed by atoms with Crippen LogP contribution in [0.1, 0.15) is 12.8 Å². The van der Waals surface area contributed by atoms with E-state index in [4.69, 9.17) is 11.6 Å². The van der Waals surface area contributed by atoms with Crippen molar-refractivity contribution in [1.82, 2.24) is 9.62 Å². The van der Waals surface area contributed by atoms with Crippen LogP contribution in [0.2, 0.25) is 5.02 Å². The van der Waals surface area contributed by atoms with E-state index in [1.54, 1.807) is 24.3 Å². The molecule has 7 heteroatoms. The van der Waals surface area contributed by atoms with Crippen molar-refractivity contribution in [3.63, 3.8) is 0 Å². The van der Waals surface area contributed by atoms with Gasteiger partial charge < -0.3 is 5.32 Å². The lowest BCUT2D eigenvalue weighted by atomic mass is 9.98. The van der Waals surface area contributed by atoms with Crippen molar-refractivity contribution >= 4 is 27.5 Å². The molecule has 1 heterocycles. The molecule has 2 rings (SSSR count). The van der Waals surface area contributed by atoms with E-state index in [2.05, 4.69) is 10.0 Å². The third-order valence-corrected chi connectivity index (χ3v) is 5.29. The van der Waals surface area contributed by atoms with Gasteiger partial charge in [-0.2, -0.15) is 12.7 Å². The Morgan fingerprint density at radius 3 is 2.40 bits per heavy atom. The molecule has 5 nitrogen and oxygen atoms in total. The summed E-state index contributed by atoms with van der Waals surface area (Å²) in [6.07, 6.45) is 1.78. The number of halogens is 1. The molecule has 1 aliphatic heterocycles. The predicted molar refractivity (Wildman–Crippen MR) is 82.2 cm³/mol. The van der Waals surface area contributed by atoms with Crippen molar-refractivity contribution in [2.45, 2.75) is 12.8 Å². The Labute approximate surface area is 125 Å². The van der Waals surface area contributed by atoms with Crippen molar-refractivity contribution in [2.75, 3.05) is 31.4 Å². The van der Waals surface area contributed by atoms with E-state index in [9.17, 15) is 8.42 Å². The number of nitrogens with zero attached hydrogens (tertiary/aromatic N) is 1. The second-order valence-corrected chi connectivity index (χ2v) is 7.12. The zero-order valence-corrected chi connectivity index (χ0v) is 13.0. The number of anilines is 1. The van der Waals surface area contributed by atoms with Crippen LogP contribution in [0, 0.1) is 5.92 Å². The van der Waals surface area contributed by atoms with Crippen LogP contribution in [0.15, 0.2) is 24.3 Å². The third kappa shape index (κ3) is 4.09. The van der Waals surface area contributed by atoms with Crippen molar-refractivity contribution in [2.24, 2.45) is 5.92 Å². The monoisotopic (exact) mass is 317 g/mol. The molecule has 0 saturated carbocycles. The smallest absolute Gasteiger partial charge is 0.301 e. The molecular formula is C13H20ClN3O2S. The minimum atomic E-state index is -3.47. The number of rotatable bonds is 5. The number of piperidine rings is 1. The zero-order chi connectivity index (χ0) is 14.6. The van der Waals surface area contributed by atoms with Gasteiger partial charge in [0.25, 0.3) is 0 Å². The van der Waals surface area contributed by atoms with E-state index >= 15 is 0 Å². The molecule has 20 heavy (non-hydrogen) atoms. The first-order chi connectivity index (χ1) is 9.51. The SMILES string of the molecule is CNCC1CCN(S(=O)(=O)Nc2ccc(Cl)cc2)CC1. The highest BCUT2D eigenvalue weighted by atomic mass is 35.5. The van der Waals surface area contributed by atoms with Gasteiger partial charge in [-0.15, -0.1) is 0 Å². The maximum Gasteiger partial charge on any atom is 0.301 e. The Morgan fingerprint density at radius 1 is 1.25 bits per heavy atom. The number of nitrogens with one attached hydrogen (secondary N) is 2. The molecule has 1 saturated heterocycles. The van der Waals surface area contributed by atoms with Gasteiger partial charge in [-0.05, 0) is 56.6 Å². The predicted octanol–water partition coefficient (Wildman–Crippen LogP) is 1.93. The summed E-state index contributed by atoms with van der Waals surface area (Å²) < 4.78 is 28.6. The molecule has 0 amide bonds. The molecule has 1 fully saturated rings. The first-order valence-corrected chi connectivity index (χ1v) is 8.51. The molecule has 0 aliphatic carbocycles. The van der Waals surface area contributed by atoms with Crippen LogP contribution in [-0.2, 0) is 10.2 Å². The van der Waals surface area contributed by atoms with E-state index in [-0.39, 0.29) is 0 Å². The van der Waals surface area contributed by atoms with Crippen molar-refractivity contribution in [1.29, 1.82) is 0 Å². The van der Waals surface area contributed by atoms with Gasteiger partial charge in [-0.25, -0.2) is 0 Å². The third-order valence-electron chi connectivity index (χ3n) is 3.50. The summed E-state index contributed by atoms with van der Waals surface area (Å²) in [4.78, 5) is 0. The maximum absolute atomic E-state index is 12.3. The molecule has 0 spiro atoms. The Hall–Kier alpha value is -0.820. The van der Waals surface area contributed by atoms with E-state index < -0.39 is 10.2 Å². The summed E-state index contributed by atoms with van der Waals surface area (Å²) in [5.74, 6) is 0.557. The first-order valence-electron chi connectivity index (χ1n) is 6.69. The van der Waals surface area contributed by atoms with E-state index in [0.717, 1.165) is 19.4 Å². The van der Waals surface area contributed by atoms with Gasteiger partial charge >= 0.3 is 10.2 Å². The first kappa shape index (κ1) is 15.6. The quantitative estimate of drug-likeness (QED) is 0.872. The van der Waals surface area contributed by atoms with Gasteiger partial charge in [0.05, 0.1) is 0 Å². The molecule has 0 atom stereocenters. The number of benzene rings is 1. The van der Waals surface area contributed by atoms with Crippen molar-refractivity contribution in [3.05, 3.63) is 29.3 Å². The summed E-state index contributed by atoms with van der Waals surface area (Å²) >= 11 is 5.78. The summed E-state index contributed by atoms with van der Waals surface area (Å²) in [5.41, 5.74) is 0.534. The van der Waals surface area contributed by atoms with Crippen LogP contribution in [0.25, 0.3) is 0 Å². The highest BCUT2D eigenvalue weighted by Crippen LogP contribution is 2.21. The van der Waals surface area contributed by atoms with Gasteiger partial charge in [-0.1, -0.05) is 11.6 Å². The molecule has 0 radical (unpaired) electrons. The lowest BCUT2D eigenvalue weighted by molar-refractivity contribution is 0.272. The molecule has 0 unspecified atom stereocenters.